The molecule has 0 saturated heterocycles. The molecule has 0 saturated carbocycles. The minimum absolute atomic E-state index is 0.171. The van der Waals surface area contributed by atoms with Crippen LogP contribution in [0.2, 0.25) is 0 Å². The second-order valence-corrected chi connectivity index (χ2v) is 6.21. The van der Waals surface area contributed by atoms with Gasteiger partial charge in [0.25, 0.3) is 0 Å². The molecule has 3 aromatic rings. The SMILES string of the molecule is NC(=O)c1ccc(-c2ccccc2F)c2c1Cc1cc(C(=O)O)ccc1-2. The summed E-state index contributed by atoms with van der Waals surface area (Å²) in [6.07, 6.45) is 0.381. The van der Waals surface area contributed by atoms with Gasteiger partial charge in [-0.1, -0.05) is 30.3 Å². The standard InChI is InChI=1S/C21H14FNO3/c22-18-4-2-1-3-14(18)15-7-8-16(20(23)24)17-10-12-9-11(21(25)26)5-6-13(12)19(15)17/h1-9H,10H2,(H2,23,24)(H,25,26). The number of fused-ring (bicyclic) bond motifs is 3. The number of primary amides is 1. The van der Waals surface area contributed by atoms with E-state index in [0.29, 0.717) is 28.7 Å². The lowest BCUT2D eigenvalue weighted by atomic mass is 9.91. The predicted octanol–water partition coefficient (Wildman–Crippen LogP) is 3.86. The van der Waals surface area contributed by atoms with Crippen molar-refractivity contribution in [1.29, 1.82) is 0 Å². The van der Waals surface area contributed by atoms with Crippen LogP contribution in [0.15, 0.2) is 54.6 Å². The molecule has 1 amide bonds. The first-order valence-electron chi connectivity index (χ1n) is 8.04. The average Bonchev–Trinajstić information content (AvgIpc) is 2.99. The Morgan fingerprint density at radius 3 is 2.38 bits per heavy atom. The molecule has 0 unspecified atom stereocenters. The third kappa shape index (κ3) is 2.37. The quantitative estimate of drug-likeness (QED) is 0.590. The van der Waals surface area contributed by atoms with Crippen molar-refractivity contribution in [2.75, 3.05) is 0 Å². The van der Waals surface area contributed by atoms with Gasteiger partial charge in [0.05, 0.1) is 5.56 Å². The normalized spacial score (nSPS) is 11.7. The van der Waals surface area contributed by atoms with Crippen LogP contribution in [0.1, 0.15) is 31.8 Å². The van der Waals surface area contributed by atoms with Gasteiger partial charge in [0.2, 0.25) is 5.91 Å². The van der Waals surface area contributed by atoms with Crippen LogP contribution in [-0.4, -0.2) is 17.0 Å². The fourth-order valence-corrected chi connectivity index (χ4v) is 3.58. The summed E-state index contributed by atoms with van der Waals surface area (Å²) in [6.45, 7) is 0. The lowest BCUT2D eigenvalue weighted by Crippen LogP contribution is -2.13. The first-order chi connectivity index (χ1) is 12.5. The third-order valence-electron chi connectivity index (χ3n) is 4.73. The lowest BCUT2D eigenvalue weighted by Gasteiger charge is -2.13. The summed E-state index contributed by atoms with van der Waals surface area (Å²) in [5.41, 5.74) is 10.2. The highest BCUT2D eigenvalue weighted by Crippen LogP contribution is 2.45. The van der Waals surface area contributed by atoms with Crippen molar-refractivity contribution in [2.45, 2.75) is 6.42 Å². The van der Waals surface area contributed by atoms with Crippen LogP contribution >= 0.6 is 0 Å². The van der Waals surface area contributed by atoms with Crippen LogP contribution in [-0.2, 0) is 6.42 Å². The molecule has 0 atom stereocenters. The molecule has 3 N–H and O–H groups in total. The number of amides is 1. The molecule has 1 aliphatic rings. The summed E-state index contributed by atoms with van der Waals surface area (Å²) in [4.78, 5) is 23.1. The monoisotopic (exact) mass is 347 g/mol. The van der Waals surface area contributed by atoms with Crippen molar-refractivity contribution < 1.29 is 19.1 Å². The summed E-state index contributed by atoms with van der Waals surface area (Å²) in [5, 5.41) is 9.22. The van der Waals surface area contributed by atoms with Gasteiger partial charge < -0.3 is 10.8 Å². The summed E-state index contributed by atoms with van der Waals surface area (Å²) in [5.74, 6) is -1.95. The van der Waals surface area contributed by atoms with Crippen molar-refractivity contribution in [2.24, 2.45) is 5.73 Å². The van der Waals surface area contributed by atoms with Crippen molar-refractivity contribution >= 4 is 11.9 Å². The van der Waals surface area contributed by atoms with Crippen LogP contribution in [0.5, 0.6) is 0 Å². The molecule has 4 rings (SSSR count). The zero-order valence-electron chi connectivity index (χ0n) is 13.6. The second kappa shape index (κ2) is 5.81. The topological polar surface area (TPSA) is 80.4 Å². The van der Waals surface area contributed by atoms with E-state index in [0.717, 1.165) is 16.7 Å². The molecular weight excluding hydrogens is 333 g/mol. The number of nitrogens with two attached hydrogens (primary N) is 1. The molecular formula is C21H14FNO3. The van der Waals surface area contributed by atoms with E-state index in [4.69, 9.17) is 5.73 Å². The van der Waals surface area contributed by atoms with E-state index in [2.05, 4.69) is 0 Å². The maximum Gasteiger partial charge on any atom is 0.335 e. The van der Waals surface area contributed by atoms with Gasteiger partial charge in [0.15, 0.2) is 0 Å². The molecule has 5 heteroatoms. The zero-order valence-corrected chi connectivity index (χ0v) is 13.6. The summed E-state index contributed by atoms with van der Waals surface area (Å²) >= 11 is 0. The Morgan fingerprint density at radius 2 is 1.69 bits per heavy atom. The molecule has 0 spiro atoms. The third-order valence-corrected chi connectivity index (χ3v) is 4.73. The van der Waals surface area contributed by atoms with Crippen LogP contribution in [0.25, 0.3) is 22.3 Å². The van der Waals surface area contributed by atoms with Crippen molar-refractivity contribution in [3.8, 4) is 22.3 Å². The van der Waals surface area contributed by atoms with Gasteiger partial charge in [0, 0.05) is 11.1 Å². The molecule has 0 bridgehead atoms. The minimum Gasteiger partial charge on any atom is -0.478 e. The number of carboxylic acid groups (broad SMARTS) is 1. The Labute approximate surface area is 148 Å². The molecule has 26 heavy (non-hydrogen) atoms. The van der Waals surface area contributed by atoms with Crippen molar-refractivity contribution in [3.05, 3.63) is 82.7 Å². The molecule has 128 valence electrons. The van der Waals surface area contributed by atoms with Crippen molar-refractivity contribution in [1.82, 2.24) is 0 Å². The number of hydrogen-bond donors (Lipinski definition) is 2. The van der Waals surface area contributed by atoms with E-state index < -0.39 is 11.9 Å². The van der Waals surface area contributed by atoms with Gasteiger partial charge >= 0.3 is 5.97 Å². The van der Waals surface area contributed by atoms with Crippen molar-refractivity contribution in [3.63, 3.8) is 0 Å². The lowest BCUT2D eigenvalue weighted by molar-refractivity contribution is 0.0696. The van der Waals surface area contributed by atoms with Gasteiger partial charge in [0.1, 0.15) is 5.82 Å². The zero-order chi connectivity index (χ0) is 18.4. The number of hydrogen-bond acceptors (Lipinski definition) is 2. The van der Waals surface area contributed by atoms with E-state index in [1.807, 2.05) is 0 Å². The number of benzene rings is 3. The number of rotatable bonds is 3. The van der Waals surface area contributed by atoms with E-state index in [9.17, 15) is 19.1 Å². The first kappa shape index (κ1) is 16.0. The van der Waals surface area contributed by atoms with Gasteiger partial charge in [-0.05, 0) is 58.5 Å². The first-order valence-corrected chi connectivity index (χ1v) is 8.04. The highest BCUT2D eigenvalue weighted by molar-refractivity contribution is 6.02. The molecule has 4 nitrogen and oxygen atoms in total. The maximum absolute atomic E-state index is 14.4. The fourth-order valence-electron chi connectivity index (χ4n) is 3.58. The molecule has 0 fully saturated rings. The van der Waals surface area contributed by atoms with Crippen LogP contribution in [0, 0.1) is 5.82 Å². The maximum atomic E-state index is 14.4. The Hall–Kier alpha value is -3.47. The summed E-state index contributed by atoms with van der Waals surface area (Å²) < 4.78 is 14.4. The van der Waals surface area contributed by atoms with Crippen LogP contribution in [0.4, 0.5) is 4.39 Å². The second-order valence-electron chi connectivity index (χ2n) is 6.21. The summed E-state index contributed by atoms with van der Waals surface area (Å²) in [7, 11) is 0. The van der Waals surface area contributed by atoms with Gasteiger partial charge in [-0.25, -0.2) is 9.18 Å². The highest BCUT2D eigenvalue weighted by atomic mass is 19.1. The number of carbonyl (C=O) groups is 2. The number of carbonyl (C=O) groups excluding carboxylic acids is 1. The van der Waals surface area contributed by atoms with Crippen LogP contribution in [0.3, 0.4) is 0 Å². The average molecular weight is 347 g/mol. The van der Waals surface area contributed by atoms with Gasteiger partial charge in [-0.3, -0.25) is 4.79 Å². The number of aromatic carboxylic acids is 1. The smallest absolute Gasteiger partial charge is 0.335 e. The Morgan fingerprint density at radius 1 is 0.962 bits per heavy atom. The van der Waals surface area contributed by atoms with Crippen LogP contribution < -0.4 is 5.73 Å². The number of halogens is 1. The summed E-state index contributed by atoms with van der Waals surface area (Å²) in [6, 6.07) is 14.5. The Bertz CT molecular complexity index is 1090. The largest absolute Gasteiger partial charge is 0.478 e. The molecule has 1 aliphatic carbocycles. The molecule has 0 radical (unpaired) electrons. The van der Waals surface area contributed by atoms with E-state index >= 15 is 0 Å². The Balaban J connectivity index is 2.02. The molecule has 0 aliphatic heterocycles. The fraction of sp³-hybridized carbons (Fsp3) is 0.0476. The van der Waals surface area contributed by atoms with E-state index in [-0.39, 0.29) is 11.4 Å². The molecule has 3 aromatic carbocycles. The Kier molecular flexibility index (Phi) is 3.58. The molecule has 0 heterocycles. The van der Waals surface area contributed by atoms with E-state index in [1.54, 1.807) is 42.5 Å². The van der Waals surface area contributed by atoms with Gasteiger partial charge in [-0.15, -0.1) is 0 Å². The van der Waals surface area contributed by atoms with Gasteiger partial charge in [-0.2, -0.15) is 0 Å². The highest BCUT2D eigenvalue weighted by Gasteiger charge is 2.27. The molecule has 0 aromatic heterocycles. The minimum atomic E-state index is -1.02. The van der Waals surface area contributed by atoms with E-state index in [1.165, 1.54) is 12.1 Å². The predicted molar refractivity (Wildman–Crippen MR) is 95.6 cm³/mol. The number of carboxylic acids is 1.